The van der Waals surface area contributed by atoms with Crippen LogP contribution in [0.4, 0.5) is 0 Å². The van der Waals surface area contributed by atoms with Gasteiger partial charge in [-0.3, -0.25) is 0 Å². The van der Waals surface area contributed by atoms with Crippen LogP contribution in [-0.4, -0.2) is 19.8 Å². The molecule has 1 fully saturated rings. The molecule has 1 heterocycles. The molecule has 0 spiro atoms. The second kappa shape index (κ2) is 4.88. The van der Waals surface area contributed by atoms with Gasteiger partial charge in [0.05, 0.1) is 25.2 Å². The zero-order chi connectivity index (χ0) is 11.4. The minimum Gasteiger partial charge on any atom is -0.493 e. The Morgan fingerprint density at radius 3 is 2.88 bits per heavy atom. The normalized spacial score (nSPS) is 26.9. The van der Waals surface area contributed by atoms with Crippen LogP contribution in [-0.2, 0) is 9.47 Å². The van der Waals surface area contributed by atoms with Crippen LogP contribution in [0.2, 0.25) is 0 Å². The molecule has 16 heavy (non-hydrogen) atoms. The van der Waals surface area contributed by atoms with Crippen LogP contribution in [0.5, 0.6) is 0 Å². The summed E-state index contributed by atoms with van der Waals surface area (Å²) in [5, 5.41) is 0. The average molecular weight is 220 g/mol. The van der Waals surface area contributed by atoms with Crippen molar-refractivity contribution in [2.45, 2.75) is 20.3 Å². The van der Waals surface area contributed by atoms with Crippen molar-refractivity contribution in [3.63, 3.8) is 0 Å². The number of rotatable bonds is 4. The summed E-state index contributed by atoms with van der Waals surface area (Å²) in [5.41, 5.74) is 0.262. The van der Waals surface area contributed by atoms with Crippen LogP contribution in [0.15, 0.2) is 36.1 Å². The van der Waals surface area contributed by atoms with Crippen molar-refractivity contribution in [3.8, 4) is 0 Å². The fourth-order valence-electron chi connectivity index (χ4n) is 1.87. The molecule has 0 aromatic heterocycles. The van der Waals surface area contributed by atoms with E-state index in [0.29, 0.717) is 5.92 Å². The van der Waals surface area contributed by atoms with E-state index in [1.54, 1.807) is 0 Å². The Hall–Kier alpha value is -1.02. The first kappa shape index (κ1) is 11.5. The fourth-order valence-corrected chi connectivity index (χ4v) is 1.87. The third kappa shape index (κ3) is 2.56. The Bertz CT molecular complexity index is 316. The maximum absolute atomic E-state index is 5.89. The lowest BCUT2D eigenvalue weighted by molar-refractivity contribution is -0.141. The maximum Gasteiger partial charge on any atom is 0.115 e. The Labute approximate surface area is 97.6 Å². The summed E-state index contributed by atoms with van der Waals surface area (Å²) >= 11 is 0. The molecular weight excluding hydrogens is 200 g/mol. The fraction of sp³-hybridized carbons (Fsp3) is 0.571. The molecule has 0 radical (unpaired) electrons. The zero-order valence-corrected chi connectivity index (χ0v) is 10.1. The summed E-state index contributed by atoms with van der Waals surface area (Å²) in [4.78, 5) is 0. The molecule has 2 heteroatoms. The van der Waals surface area contributed by atoms with Gasteiger partial charge in [0.2, 0.25) is 0 Å². The molecule has 1 saturated heterocycles. The molecule has 1 atom stereocenters. The van der Waals surface area contributed by atoms with Gasteiger partial charge in [-0.15, -0.1) is 0 Å². The zero-order valence-electron chi connectivity index (χ0n) is 10.1. The smallest absolute Gasteiger partial charge is 0.115 e. The van der Waals surface area contributed by atoms with Crippen LogP contribution < -0.4 is 0 Å². The van der Waals surface area contributed by atoms with Gasteiger partial charge in [0, 0.05) is 0 Å². The quantitative estimate of drug-likeness (QED) is 0.725. The van der Waals surface area contributed by atoms with Crippen molar-refractivity contribution in [1.29, 1.82) is 0 Å². The van der Waals surface area contributed by atoms with Crippen LogP contribution in [0, 0.1) is 11.3 Å². The molecule has 0 aromatic carbocycles. The molecule has 0 saturated carbocycles. The van der Waals surface area contributed by atoms with E-state index >= 15 is 0 Å². The van der Waals surface area contributed by atoms with Gasteiger partial charge in [0.15, 0.2) is 0 Å². The summed E-state index contributed by atoms with van der Waals surface area (Å²) in [7, 11) is 0. The second-order valence-corrected chi connectivity index (χ2v) is 4.81. The molecule has 1 unspecified atom stereocenters. The number of hydrogen-bond acceptors (Lipinski definition) is 2. The van der Waals surface area contributed by atoms with Crippen LogP contribution >= 0.6 is 0 Å². The first-order valence-electron chi connectivity index (χ1n) is 6.01. The SMILES string of the molecule is CCC1(COC2=CC(C)C=CC=C2)COC1. The highest BCUT2D eigenvalue weighted by molar-refractivity contribution is 5.23. The molecule has 1 aliphatic heterocycles. The highest BCUT2D eigenvalue weighted by atomic mass is 16.5. The van der Waals surface area contributed by atoms with Crippen LogP contribution in [0.1, 0.15) is 20.3 Å². The average Bonchev–Trinajstić information content (AvgIpc) is 2.42. The molecule has 2 nitrogen and oxygen atoms in total. The van der Waals surface area contributed by atoms with E-state index in [-0.39, 0.29) is 5.41 Å². The Balaban J connectivity index is 1.90. The molecule has 0 bridgehead atoms. The van der Waals surface area contributed by atoms with E-state index < -0.39 is 0 Å². The van der Waals surface area contributed by atoms with Gasteiger partial charge in [-0.25, -0.2) is 0 Å². The monoisotopic (exact) mass is 220 g/mol. The third-order valence-corrected chi connectivity index (χ3v) is 3.32. The van der Waals surface area contributed by atoms with Crippen molar-refractivity contribution >= 4 is 0 Å². The van der Waals surface area contributed by atoms with E-state index in [9.17, 15) is 0 Å². The lowest BCUT2D eigenvalue weighted by Crippen LogP contribution is -2.45. The van der Waals surface area contributed by atoms with Gasteiger partial charge >= 0.3 is 0 Å². The molecule has 2 rings (SSSR count). The largest absolute Gasteiger partial charge is 0.493 e. The summed E-state index contributed by atoms with van der Waals surface area (Å²) < 4.78 is 11.2. The van der Waals surface area contributed by atoms with E-state index in [2.05, 4.69) is 32.1 Å². The van der Waals surface area contributed by atoms with E-state index in [1.165, 1.54) is 0 Å². The van der Waals surface area contributed by atoms with Crippen molar-refractivity contribution < 1.29 is 9.47 Å². The molecule has 0 amide bonds. The number of allylic oxidation sites excluding steroid dienone is 5. The molecule has 2 aliphatic rings. The Kier molecular flexibility index (Phi) is 3.49. The van der Waals surface area contributed by atoms with Gasteiger partial charge in [0.25, 0.3) is 0 Å². The second-order valence-electron chi connectivity index (χ2n) is 4.81. The van der Waals surface area contributed by atoms with Gasteiger partial charge in [-0.05, 0) is 24.5 Å². The van der Waals surface area contributed by atoms with Gasteiger partial charge < -0.3 is 9.47 Å². The molecule has 0 aromatic rings. The van der Waals surface area contributed by atoms with E-state index in [1.807, 2.05) is 12.2 Å². The highest BCUT2D eigenvalue weighted by Crippen LogP contribution is 2.32. The summed E-state index contributed by atoms with van der Waals surface area (Å²) in [6.45, 7) is 6.82. The van der Waals surface area contributed by atoms with Crippen molar-refractivity contribution in [1.82, 2.24) is 0 Å². The van der Waals surface area contributed by atoms with E-state index in [4.69, 9.17) is 9.47 Å². The first-order valence-corrected chi connectivity index (χ1v) is 6.01. The Morgan fingerprint density at radius 1 is 1.44 bits per heavy atom. The molecule has 0 N–H and O–H groups in total. The third-order valence-electron chi connectivity index (χ3n) is 3.32. The number of hydrogen-bond donors (Lipinski definition) is 0. The lowest BCUT2D eigenvalue weighted by Gasteiger charge is -2.40. The first-order chi connectivity index (χ1) is 7.74. The van der Waals surface area contributed by atoms with Gasteiger partial charge in [0.1, 0.15) is 5.76 Å². The van der Waals surface area contributed by atoms with Gasteiger partial charge in [-0.2, -0.15) is 0 Å². The number of ether oxygens (including phenoxy) is 2. The summed E-state index contributed by atoms with van der Waals surface area (Å²) in [5.74, 6) is 1.43. The van der Waals surface area contributed by atoms with Crippen molar-refractivity contribution in [2.75, 3.05) is 19.8 Å². The van der Waals surface area contributed by atoms with Gasteiger partial charge in [-0.1, -0.05) is 32.1 Å². The molecule has 88 valence electrons. The Morgan fingerprint density at radius 2 is 2.25 bits per heavy atom. The minimum absolute atomic E-state index is 0.262. The van der Waals surface area contributed by atoms with Crippen molar-refractivity contribution in [2.24, 2.45) is 11.3 Å². The van der Waals surface area contributed by atoms with E-state index in [0.717, 1.165) is 32.0 Å². The minimum atomic E-state index is 0.262. The summed E-state index contributed by atoms with van der Waals surface area (Å²) in [6, 6.07) is 0. The lowest BCUT2D eigenvalue weighted by atomic mass is 9.84. The summed E-state index contributed by atoms with van der Waals surface area (Å²) in [6.07, 6.45) is 11.6. The molecular formula is C14H20O2. The predicted molar refractivity (Wildman–Crippen MR) is 65.0 cm³/mol. The topological polar surface area (TPSA) is 18.5 Å². The highest BCUT2D eigenvalue weighted by Gasteiger charge is 2.37. The predicted octanol–water partition coefficient (Wildman–Crippen LogP) is 3.08. The van der Waals surface area contributed by atoms with Crippen LogP contribution in [0.3, 0.4) is 0 Å². The van der Waals surface area contributed by atoms with Crippen molar-refractivity contribution in [3.05, 3.63) is 36.1 Å². The molecule has 1 aliphatic carbocycles. The maximum atomic E-state index is 5.89. The standard InChI is InChI=1S/C14H20O2/c1-3-14(9-15-10-14)11-16-13-7-5-4-6-12(2)8-13/h4-8,12H,3,9-11H2,1-2H3. The van der Waals surface area contributed by atoms with Crippen LogP contribution in [0.25, 0.3) is 0 Å².